The summed E-state index contributed by atoms with van der Waals surface area (Å²) in [7, 11) is 1.60. The van der Waals surface area contributed by atoms with E-state index in [9.17, 15) is 9.59 Å². The van der Waals surface area contributed by atoms with Crippen molar-refractivity contribution >= 4 is 29.0 Å². The van der Waals surface area contributed by atoms with E-state index in [1.54, 1.807) is 13.2 Å². The molecule has 1 aromatic carbocycles. The number of amides is 2. The van der Waals surface area contributed by atoms with Gasteiger partial charge in [-0.1, -0.05) is 12.0 Å². The van der Waals surface area contributed by atoms with E-state index in [0.29, 0.717) is 4.91 Å². The maximum atomic E-state index is 12.0. The lowest BCUT2D eigenvalue weighted by molar-refractivity contribution is -0.122. The van der Waals surface area contributed by atoms with E-state index in [1.165, 1.54) is 0 Å². The monoisotopic (exact) mass is 287 g/mol. The van der Waals surface area contributed by atoms with E-state index in [-0.39, 0.29) is 17.7 Å². The fourth-order valence-electron chi connectivity index (χ4n) is 1.87. The van der Waals surface area contributed by atoms with Gasteiger partial charge >= 0.3 is 0 Å². The van der Waals surface area contributed by atoms with Gasteiger partial charge in [0.25, 0.3) is 11.1 Å². The zero-order valence-corrected chi connectivity index (χ0v) is 12.0. The fourth-order valence-corrected chi connectivity index (χ4v) is 2.71. The van der Waals surface area contributed by atoms with Crippen LogP contribution in [0, 0.1) is 19.3 Å². The van der Waals surface area contributed by atoms with Crippen molar-refractivity contribution in [3.63, 3.8) is 0 Å². The third-order valence-corrected chi connectivity index (χ3v) is 3.75. The molecule has 1 aliphatic rings. The number of thioether (sulfide) groups is 1. The van der Waals surface area contributed by atoms with Crippen LogP contribution in [-0.4, -0.2) is 29.7 Å². The quantitative estimate of drug-likeness (QED) is 0.633. The summed E-state index contributed by atoms with van der Waals surface area (Å²) >= 11 is 0.904. The van der Waals surface area contributed by atoms with Gasteiger partial charge in [-0.15, -0.1) is 6.42 Å². The molecule has 0 atom stereocenters. The number of hydrogen-bond donors (Lipinski definition) is 0. The molecule has 1 saturated heterocycles. The normalized spacial score (nSPS) is 16.6. The van der Waals surface area contributed by atoms with E-state index in [0.717, 1.165) is 33.5 Å². The molecule has 102 valence electrons. The summed E-state index contributed by atoms with van der Waals surface area (Å²) in [5, 5.41) is -0.329. The highest BCUT2D eigenvalue weighted by Gasteiger charge is 2.34. The van der Waals surface area contributed by atoms with Crippen LogP contribution in [0.1, 0.15) is 11.1 Å². The Morgan fingerprint density at radius 3 is 2.80 bits per heavy atom. The number of terminal acetylenes is 1. The molecule has 2 amide bonds. The van der Waals surface area contributed by atoms with Crippen molar-refractivity contribution in [3.05, 3.63) is 34.2 Å². The van der Waals surface area contributed by atoms with Crippen molar-refractivity contribution in [1.29, 1.82) is 0 Å². The summed E-state index contributed by atoms with van der Waals surface area (Å²) in [4.78, 5) is 25.1. The molecule has 0 aliphatic carbocycles. The van der Waals surface area contributed by atoms with E-state index in [4.69, 9.17) is 11.2 Å². The van der Waals surface area contributed by atoms with Gasteiger partial charge in [-0.25, -0.2) is 0 Å². The number of rotatable bonds is 3. The van der Waals surface area contributed by atoms with Crippen molar-refractivity contribution in [3.8, 4) is 18.1 Å². The lowest BCUT2D eigenvalue weighted by atomic mass is 10.1. The first-order chi connectivity index (χ1) is 9.56. The van der Waals surface area contributed by atoms with Gasteiger partial charge in [-0.2, -0.15) is 0 Å². The first-order valence-electron chi connectivity index (χ1n) is 5.90. The number of imide groups is 1. The van der Waals surface area contributed by atoms with Gasteiger partial charge < -0.3 is 4.74 Å². The van der Waals surface area contributed by atoms with E-state index in [2.05, 4.69) is 5.92 Å². The van der Waals surface area contributed by atoms with Crippen molar-refractivity contribution in [2.45, 2.75) is 6.92 Å². The third-order valence-electron chi connectivity index (χ3n) is 2.84. The number of hydrogen-bond acceptors (Lipinski definition) is 4. The summed E-state index contributed by atoms with van der Waals surface area (Å²) in [5.41, 5.74) is 1.80. The minimum Gasteiger partial charge on any atom is -0.496 e. The number of carbonyl (C=O) groups is 2. The van der Waals surface area contributed by atoms with Crippen LogP contribution in [0.15, 0.2) is 23.1 Å². The van der Waals surface area contributed by atoms with Crippen LogP contribution in [0.5, 0.6) is 5.75 Å². The van der Waals surface area contributed by atoms with Crippen molar-refractivity contribution in [2.24, 2.45) is 0 Å². The molecule has 4 nitrogen and oxygen atoms in total. The average molecular weight is 287 g/mol. The van der Waals surface area contributed by atoms with Crippen molar-refractivity contribution in [2.75, 3.05) is 13.7 Å². The largest absolute Gasteiger partial charge is 0.496 e. The third kappa shape index (κ3) is 2.70. The topological polar surface area (TPSA) is 46.6 Å². The van der Waals surface area contributed by atoms with Crippen LogP contribution in [0.2, 0.25) is 0 Å². The molecule has 2 rings (SSSR count). The molecule has 20 heavy (non-hydrogen) atoms. The van der Waals surface area contributed by atoms with Crippen LogP contribution in [-0.2, 0) is 4.79 Å². The van der Waals surface area contributed by atoms with Crippen molar-refractivity contribution in [1.82, 2.24) is 4.90 Å². The summed E-state index contributed by atoms with van der Waals surface area (Å²) in [6.07, 6.45) is 6.83. The minimum atomic E-state index is -0.341. The predicted octanol–water partition coefficient (Wildman–Crippen LogP) is 2.67. The van der Waals surface area contributed by atoms with Crippen LogP contribution >= 0.6 is 11.8 Å². The molecule has 1 heterocycles. The smallest absolute Gasteiger partial charge is 0.294 e. The van der Waals surface area contributed by atoms with E-state index in [1.807, 2.05) is 25.1 Å². The molecule has 0 unspecified atom stereocenters. The Morgan fingerprint density at radius 1 is 1.45 bits per heavy atom. The Balaban J connectivity index is 2.28. The van der Waals surface area contributed by atoms with Crippen LogP contribution in [0.3, 0.4) is 0 Å². The Kier molecular flexibility index (Phi) is 4.16. The number of methoxy groups -OCH3 is 1. The highest BCUT2D eigenvalue weighted by atomic mass is 32.2. The first kappa shape index (κ1) is 14.2. The van der Waals surface area contributed by atoms with Crippen LogP contribution in [0.4, 0.5) is 4.79 Å². The minimum absolute atomic E-state index is 0.00362. The second-order valence-electron chi connectivity index (χ2n) is 4.20. The standard InChI is InChI=1S/C15H13NO3S/c1-4-7-16-14(17)13(20-15(16)18)9-11-5-6-12(19-3)10(2)8-11/h1,5-6,8-9H,7H2,2-3H3. The SMILES string of the molecule is C#CCN1C(=O)SC(=Cc2ccc(OC)c(C)c2)C1=O. The van der Waals surface area contributed by atoms with Crippen molar-refractivity contribution < 1.29 is 14.3 Å². The average Bonchev–Trinajstić information content (AvgIpc) is 2.67. The summed E-state index contributed by atoms with van der Waals surface area (Å²) in [6, 6.07) is 5.56. The molecule has 0 spiro atoms. The molecule has 1 aliphatic heterocycles. The molecule has 0 radical (unpaired) electrons. The second kappa shape index (κ2) is 5.85. The van der Waals surface area contributed by atoms with Gasteiger partial charge in [-0.05, 0) is 48.0 Å². The second-order valence-corrected chi connectivity index (χ2v) is 5.19. The van der Waals surface area contributed by atoms with Gasteiger partial charge in [0, 0.05) is 0 Å². The fraction of sp³-hybridized carbons (Fsp3) is 0.200. The number of benzene rings is 1. The Bertz CT molecular complexity index is 643. The highest BCUT2D eigenvalue weighted by molar-refractivity contribution is 8.18. The Morgan fingerprint density at radius 2 is 2.20 bits per heavy atom. The molecule has 1 fully saturated rings. The van der Waals surface area contributed by atoms with Gasteiger partial charge in [0.1, 0.15) is 5.75 Å². The Hall–Kier alpha value is -2.19. The van der Waals surface area contributed by atoms with Gasteiger partial charge in [0.15, 0.2) is 0 Å². The van der Waals surface area contributed by atoms with Gasteiger partial charge in [0.2, 0.25) is 0 Å². The lowest BCUT2D eigenvalue weighted by Crippen LogP contribution is -2.28. The first-order valence-corrected chi connectivity index (χ1v) is 6.72. The number of ether oxygens (including phenoxy) is 1. The number of carbonyl (C=O) groups excluding carboxylic acids is 2. The van der Waals surface area contributed by atoms with E-state index >= 15 is 0 Å². The molecule has 5 heteroatoms. The molecule has 0 aromatic heterocycles. The maximum Gasteiger partial charge on any atom is 0.294 e. The number of aryl methyl sites for hydroxylation is 1. The summed E-state index contributed by atoms with van der Waals surface area (Å²) in [6.45, 7) is 1.92. The maximum absolute atomic E-state index is 12.0. The highest BCUT2D eigenvalue weighted by Crippen LogP contribution is 2.32. The zero-order valence-electron chi connectivity index (χ0n) is 11.2. The number of nitrogens with zero attached hydrogens (tertiary/aromatic N) is 1. The predicted molar refractivity (Wildman–Crippen MR) is 79.2 cm³/mol. The molecule has 0 N–H and O–H groups in total. The molecular weight excluding hydrogens is 274 g/mol. The summed E-state index contributed by atoms with van der Waals surface area (Å²) in [5.74, 6) is 2.75. The molecule has 0 saturated carbocycles. The van der Waals surface area contributed by atoms with Crippen LogP contribution in [0.25, 0.3) is 6.08 Å². The van der Waals surface area contributed by atoms with Gasteiger partial charge in [0.05, 0.1) is 18.6 Å². The summed E-state index contributed by atoms with van der Waals surface area (Å²) < 4.78 is 5.18. The molecule has 1 aromatic rings. The lowest BCUT2D eigenvalue weighted by Gasteiger charge is -2.07. The molecule has 0 bridgehead atoms. The Labute approximate surface area is 121 Å². The van der Waals surface area contributed by atoms with Crippen LogP contribution < -0.4 is 4.74 Å². The zero-order chi connectivity index (χ0) is 14.7. The van der Waals surface area contributed by atoms with E-state index < -0.39 is 0 Å². The van der Waals surface area contributed by atoms with Gasteiger partial charge in [-0.3, -0.25) is 14.5 Å². The molecular formula is C15H13NO3S.